The summed E-state index contributed by atoms with van der Waals surface area (Å²) in [7, 11) is 0. The molecule has 172 valence electrons. The van der Waals surface area contributed by atoms with Crippen LogP contribution in [0.5, 0.6) is 5.75 Å². The molecule has 2 atom stereocenters. The molecule has 6 nitrogen and oxygen atoms in total. The molecule has 0 fully saturated rings. The topological polar surface area (TPSA) is 84.5 Å². The van der Waals surface area contributed by atoms with Crippen LogP contribution in [0.25, 0.3) is 0 Å². The number of carbonyl (C=O) groups excluding carboxylic acids is 3. The fourth-order valence-electron chi connectivity index (χ4n) is 3.24. The first kappa shape index (κ1) is 25.4. The minimum atomic E-state index is -0.793. The molecule has 0 unspecified atom stereocenters. The van der Waals surface area contributed by atoms with Crippen LogP contribution in [0, 0.1) is 5.92 Å². The number of para-hydroxylation sites is 1. The Kier molecular flexibility index (Phi) is 10.7. The lowest BCUT2D eigenvalue weighted by atomic mass is 9.99. The van der Waals surface area contributed by atoms with Crippen LogP contribution in [-0.4, -0.2) is 42.2 Å². The van der Waals surface area contributed by atoms with Gasteiger partial charge in [-0.2, -0.15) is 0 Å². The minimum Gasteiger partial charge on any atom is -0.486 e. The maximum absolute atomic E-state index is 13.0. The minimum absolute atomic E-state index is 0.148. The molecule has 0 aliphatic carbocycles. The fraction of sp³-hybridized carbons (Fsp3) is 0.400. The van der Waals surface area contributed by atoms with E-state index in [9.17, 15) is 14.4 Å². The van der Waals surface area contributed by atoms with E-state index in [1.807, 2.05) is 62.4 Å². The third-order valence-electron chi connectivity index (χ3n) is 4.87. The molecular weight excluding hydrogens is 428 g/mol. The highest BCUT2D eigenvalue weighted by Crippen LogP contribution is 2.12. The number of rotatable bonds is 13. The Labute approximate surface area is 194 Å². The standard InChI is InChI=1S/C25H31ClN2O4/c1-18(2)15-22(23(29)17-32-20-11-7-4-8-12-20)28-25(31)21(27-24(30)16-26)14-13-19-9-5-3-6-10-19/h3-12,18,21-22H,13-17H2,1-2H3,(H,27,30)(H,28,31)/t21-,22-/m1/s1. The zero-order chi connectivity index (χ0) is 23.3. The van der Waals surface area contributed by atoms with Gasteiger partial charge in [-0.3, -0.25) is 14.4 Å². The number of hydrogen-bond donors (Lipinski definition) is 2. The molecule has 0 saturated heterocycles. The summed E-state index contributed by atoms with van der Waals surface area (Å²) in [5.41, 5.74) is 1.05. The van der Waals surface area contributed by atoms with Crippen molar-refractivity contribution in [1.29, 1.82) is 0 Å². The Balaban J connectivity index is 2.04. The van der Waals surface area contributed by atoms with Crippen molar-refractivity contribution in [1.82, 2.24) is 10.6 Å². The number of aryl methyl sites for hydroxylation is 1. The van der Waals surface area contributed by atoms with E-state index in [1.165, 1.54) is 0 Å². The summed E-state index contributed by atoms with van der Waals surface area (Å²) in [5.74, 6) is -0.528. The SMILES string of the molecule is CC(C)C[C@@H](NC(=O)[C@@H](CCc1ccccc1)NC(=O)CCl)C(=O)COc1ccccc1. The number of hydrogen-bond acceptors (Lipinski definition) is 4. The maximum atomic E-state index is 13.0. The molecule has 0 aliphatic heterocycles. The fourth-order valence-corrected chi connectivity index (χ4v) is 3.32. The van der Waals surface area contributed by atoms with Gasteiger partial charge in [0.25, 0.3) is 0 Å². The highest BCUT2D eigenvalue weighted by molar-refractivity contribution is 6.27. The summed E-state index contributed by atoms with van der Waals surface area (Å²) in [5, 5.41) is 5.49. The Morgan fingerprint density at radius 2 is 1.53 bits per heavy atom. The van der Waals surface area contributed by atoms with Gasteiger partial charge in [0.15, 0.2) is 5.78 Å². The molecule has 32 heavy (non-hydrogen) atoms. The number of carbonyl (C=O) groups is 3. The van der Waals surface area contributed by atoms with Gasteiger partial charge >= 0.3 is 0 Å². The summed E-state index contributed by atoms with van der Waals surface area (Å²) in [6.07, 6.45) is 1.46. The van der Waals surface area contributed by atoms with Crippen molar-refractivity contribution in [2.45, 2.75) is 45.2 Å². The van der Waals surface area contributed by atoms with Crippen LogP contribution in [0.4, 0.5) is 0 Å². The number of ketones is 1. The van der Waals surface area contributed by atoms with Crippen LogP contribution in [0.15, 0.2) is 60.7 Å². The van der Waals surface area contributed by atoms with Crippen LogP contribution in [0.2, 0.25) is 0 Å². The molecule has 2 rings (SSSR count). The number of Topliss-reactive ketones (excluding diaryl/α,β-unsaturated/α-hetero) is 1. The zero-order valence-electron chi connectivity index (χ0n) is 18.6. The molecule has 2 amide bonds. The van der Waals surface area contributed by atoms with Gasteiger partial charge in [-0.15, -0.1) is 11.6 Å². The second kappa shape index (κ2) is 13.5. The monoisotopic (exact) mass is 458 g/mol. The molecule has 0 aromatic heterocycles. The Bertz CT molecular complexity index is 859. The number of amides is 2. The first-order valence-electron chi connectivity index (χ1n) is 10.8. The van der Waals surface area contributed by atoms with Gasteiger partial charge in [-0.1, -0.05) is 62.4 Å². The average molecular weight is 459 g/mol. The van der Waals surface area contributed by atoms with E-state index < -0.39 is 23.9 Å². The van der Waals surface area contributed by atoms with E-state index in [2.05, 4.69) is 10.6 Å². The summed E-state index contributed by atoms with van der Waals surface area (Å²) in [4.78, 5) is 37.7. The predicted octanol–water partition coefficient (Wildman–Crippen LogP) is 3.52. The summed E-state index contributed by atoms with van der Waals surface area (Å²) >= 11 is 5.63. The van der Waals surface area contributed by atoms with Crippen LogP contribution in [0.3, 0.4) is 0 Å². The second-order valence-corrected chi connectivity index (χ2v) is 8.30. The molecule has 0 radical (unpaired) electrons. The molecule has 0 heterocycles. The maximum Gasteiger partial charge on any atom is 0.243 e. The van der Waals surface area contributed by atoms with Crippen molar-refractivity contribution in [2.75, 3.05) is 12.5 Å². The van der Waals surface area contributed by atoms with Crippen LogP contribution >= 0.6 is 11.6 Å². The highest BCUT2D eigenvalue weighted by Gasteiger charge is 2.27. The van der Waals surface area contributed by atoms with Crippen molar-refractivity contribution >= 4 is 29.2 Å². The Morgan fingerprint density at radius 3 is 2.12 bits per heavy atom. The highest BCUT2D eigenvalue weighted by atomic mass is 35.5. The van der Waals surface area contributed by atoms with Crippen LogP contribution < -0.4 is 15.4 Å². The lowest BCUT2D eigenvalue weighted by Crippen LogP contribution is -2.53. The molecular formula is C25H31ClN2O4. The van der Waals surface area contributed by atoms with E-state index in [4.69, 9.17) is 16.3 Å². The van der Waals surface area contributed by atoms with Crippen molar-refractivity contribution in [2.24, 2.45) is 5.92 Å². The third kappa shape index (κ3) is 9.10. The normalized spacial score (nSPS) is 12.6. The molecule has 2 aromatic rings. The second-order valence-electron chi connectivity index (χ2n) is 8.04. The van der Waals surface area contributed by atoms with Crippen molar-refractivity contribution in [3.05, 3.63) is 66.2 Å². The number of halogens is 1. The van der Waals surface area contributed by atoms with Crippen molar-refractivity contribution in [3.63, 3.8) is 0 Å². The largest absolute Gasteiger partial charge is 0.486 e. The van der Waals surface area contributed by atoms with Gasteiger partial charge in [0.05, 0.1) is 6.04 Å². The molecule has 7 heteroatoms. The van der Waals surface area contributed by atoms with E-state index in [0.29, 0.717) is 25.0 Å². The first-order chi connectivity index (χ1) is 15.4. The quantitative estimate of drug-likeness (QED) is 0.450. The first-order valence-corrected chi connectivity index (χ1v) is 11.3. The molecule has 0 spiro atoms. The van der Waals surface area contributed by atoms with Gasteiger partial charge in [-0.25, -0.2) is 0 Å². The van der Waals surface area contributed by atoms with Gasteiger partial charge in [0, 0.05) is 0 Å². The van der Waals surface area contributed by atoms with Gasteiger partial charge < -0.3 is 15.4 Å². The number of benzene rings is 2. The molecule has 2 N–H and O–H groups in total. The number of nitrogens with one attached hydrogen (secondary N) is 2. The summed E-state index contributed by atoms with van der Waals surface area (Å²) in [6.45, 7) is 3.81. The lowest BCUT2D eigenvalue weighted by Gasteiger charge is -2.24. The van der Waals surface area contributed by atoms with E-state index >= 15 is 0 Å². The summed E-state index contributed by atoms with van der Waals surface area (Å²) < 4.78 is 5.57. The Morgan fingerprint density at radius 1 is 0.906 bits per heavy atom. The smallest absolute Gasteiger partial charge is 0.243 e. The Hall–Kier alpha value is -2.86. The van der Waals surface area contributed by atoms with Gasteiger partial charge in [0.1, 0.15) is 24.3 Å². The molecule has 0 saturated carbocycles. The van der Waals surface area contributed by atoms with Crippen LogP contribution in [0.1, 0.15) is 32.3 Å². The summed E-state index contributed by atoms with van der Waals surface area (Å²) in [6, 6.07) is 17.2. The zero-order valence-corrected chi connectivity index (χ0v) is 19.3. The average Bonchev–Trinajstić information content (AvgIpc) is 2.80. The molecule has 0 aliphatic rings. The molecule has 0 bridgehead atoms. The van der Waals surface area contributed by atoms with Crippen LogP contribution in [-0.2, 0) is 20.8 Å². The van der Waals surface area contributed by atoms with Crippen molar-refractivity contribution in [3.8, 4) is 5.75 Å². The van der Waals surface area contributed by atoms with Gasteiger partial charge in [-0.05, 0) is 42.9 Å². The van der Waals surface area contributed by atoms with Crippen molar-refractivity contribution < 1.29 is 19.1 Å². The predicted molar refractivity (Wildman–Crippen MR) is 126 cm³/mol. The van der Waals surface area contributed by atoms with E-state index in [-0.39, 0.29) is 24.2 Å². The molecule has 2 aromatic carbocycles. The van der Waals surface area contributed by atoms with E-state index in [1.54, 1.807) is 12.1 Å². The van der Waals surface area contributed by atoms with Gasteiger partial charge in [0.2, 0.25) is 11.8 Å². The number of ether oxygens (including phenoxy) is 1. The third-order valence-corrected chi connectivity index (χ3v) is 5.12. The lowest BCUT2D eigenvalue weighted by molar-refractivity contribution is -0.132. The van der Waals surface area contributed by atoms with E-state index in [0.717, 1.165) is 5.56 Å². The number of alkyl halides is 1.